The minimum atomic E-state index is -0.105. The largest absolute Gasteiger partial charge is 0.497 e. The first-order valence-electron chi connectivity index (χ1n) is 8.40. The van der Waals surface area contributed by atoms with Crippen molar-refractivity contribution in [2.45, 2.75) is 6.92 Å². The van der Waals surface area contributed by atoms with E-state index in [1.54, 1.807) is 31.4 Å². The van der Waals surface area contributed by atoms with Gasteiger partial charge in [-0.1, -0.05) is 35.9 Å². The molecule has 0 N–H and O–H groups in total. The van der Waals surface area contributed by atoms with E-state index in [0.717, 1.165) is 22.7 Å². The van der Waals surface area contributed by atoms with Gasteiger partial charge in [0.15, 0.2) is 0 Å². The van der Waals surface area contributed by atoms with Gasteiger partial charge in [0.25, 0.3) is 0 Å². The van der Waals surface area contributed by atoms with Gasteiger partial charge in [0.05, 0.1) is 12.8 Å². The quantitative estimate of drug-likeness (QED) is 0.511. The number of pyridine rings is 1. The first-order chi connectivity index (χ1) is 12.7. The van der Waals surface area contributed by atoms with Gasteiger partial charge in [-0.2, -0.15) is 0 Å². The molecule has 0 spiro atoms. The minimum Gasteiger partial charge on any atom is -0.497 e. The zero-order chi connectivity index (χ0) is 18.1. The highest BCUT2D eigenvalue weighted by Gasteiger charge is 2.21. The number of benzene rings is 2. The number of fused-ring (bicyclic) bond motifs is 1. The molecular weight excluding hydrogens is 324 g/mol. The third-order valence-electron chi connectivity index (χ3n) is 4.42. The van der Waals surface area contributed by atoms with Crippen molar-refractivity contribution in [3.63, 3.8) is 0 Å². The number of hydrogen-bond donors (Lipinski definition) is 0. The van der Waals surface area contributed by atoms with E-state index in [2.05, 4.69) is 4.98 Å². The molecule has 0 saturated carbocycles. The number of imidazole rings is 1. The number of hydrogen-bond acceptors (Lipinski definition) is 3. The van der Waals surface area contributed by atoms with E-state index < -0.39 is 0 Å². The smallest absolute Gasteiger partial charge is 0.213 e. The average molecular weight is 342 g/mol. The monoisotopic (exact) mass is 342 g/mol. The molecule has 0 aliphatic rings. The molecule has 0 bridgehead atoms. The number of ketones is 1. The Morgan fingerprint density at radius 1 is 0.962 bits per heavy atom. The summed E-state index contributed by atoms with van der Waals surface area (Å²) in [4.78, 5) is 17.8. The van der Waals surface area contributed by atoms with Crippen LogP contribution in [0.1, 0.15) is 21.6 Å². The second-order valence-corrected chi connectivity index (χ2v) is 6.16. The lowest BCUT2D eigenvalue weighted by molar-refractivity contribution is 0.103. The Labute approximate surface area is 151 Å². The van der Waals surface area contributed by atoms with Crippen LogP contribution in [0.15, 0.2) is 72.9 Å². The van der Waals surface area contributed by atoms with Gasteiger partial charge in [0.2, 0.25) is 5.78 Å². The van der Waals surface area contributed by atoms with Gasteiger partial charge in [-0.05, 0) is 43.3 Å². The molecule has 0 aliphatic heterocycles. The molecule has 0 aliphatic carbocycles. The second-order valence-electron chi connectivity index (χ2n) is 6.16. The van der Waals surface area contributed by atoms with Crippen molar-refractivity contribution in [1.29, 1.82) is 0 Å². The summed E-state index contributed by atoms with van der Waals surface area (Å²) in [5.74, 6) is 0.613. The normalized spacial score (nSPS) is 10.8. The zero-order valence-corrected chi connectivity index (χ0v) is 14.6. The summed E-state index contributed by atoms with van der Waals surface area (Å²) in [6.07, 6.45) is 1.93. The molecule has 2 aromatic heterocycles. The van der Waals surface area contributed by atoms with E-state index in [0.29, 0.717) is 11.3 Å². The second kappa shape index (κ2) is 6.48. The van der Waals surface area contributed by atoms with Crippen LogP contribution >= 0.6 is 0 Å². The fourth-order valence-electron chi connectivity index (χ4n) is 3.02. The van der Waals surface area contributed by atoms with Gasteiger partial charge in [-0.15, -0.1) is 0 Å². The summed E-state index contributed by atoms with van der Waals surface area (Å²) in [5.41, 5.74) is 4.73. The molecular formula is C22H18N2O2. The number of carbonyl (C=O) groups excluding carboxylic acids is 1. The highest BCUT2D eigenvalue weighted by atomic mass is 16.5. The predicted molar refractivity (Wildman–Crippen MR) is 102 cm³/mol. The molecule has 4 heteroatoms. The molecule has 0 fully saturated rings. The first kappa shape index (κ1) is 16.1. The summed E-state index contributed by atoms with van der Waals surface area (Å²) < 4.78 is 7.14. The first-order valence-corrected chi connectivity index (χ1v) is 8.40. The van der Waals surface area contributed by atoms with Crippen molar-refractivity contribution < 1.29 is 9.53 Å². The van der Waals surface area contributed by atoms with Gasteiger partial charge in [0.1, 0.15) is 17.1 Å². The van der Waals surface area contributed by atoms with E-state index in [4.69, 9.17) is 4.74 Å². The molecule has 26 heavy (non-hydrogen) atoms. The Morgan fingerprint density at radius 2 is 1.69 bits per heavy atom. The molecule has 128 valence electrons. The third kappa shape index (κ3) is 2.75. The molecule has 0 amide bonds. The van der Waals surface area contributed by atoms with Crippen molar-refractivity contribution in [2.24, 2.45) is 0 Å². The van der Waals surface area contributed by atoms with E-state index in [-0.39, 0.29) is 5.78 Å². The Hall–Kier alpha value is -3.40. The number of methoxy groups -OCH3 is 1. The van der Waals surface area contributed by atoms with Gasteiger partial charge in [-0.3, -0.25) is 9.20 Å². The van der Waals surface area contributed by atoms with Gasteiger partial charge < -0.3 is 4.74 Å². The molecule has 2 heterocycles. The molecule has 4 rings (SSSR count). The van der Waals surface area contributed by atoms with Crippen LogP contribution in [0.4, 0.5) is 0 Å². The standard InChI is InChI=1S/C22H18N2O2/c1-15-6-8-16(9-7-15)21-20(23-19-5-3-4-14-24(19)21)22(25)17-10-12-18(26-2)13-11-17/h3-14H,1-2H3. The molecule has 2 aromatic carbocycles. The fourth-order valence-corrected chi connectivity index (χ4v) is 3.02. The highest BCUT2D eigenvalue weighted by Crippen LogP contribution is 2.28. The Balaban J connectivity index is 1.89. The molecule has 4 aromatic rings. The summed E-state index contributed by atoms with van der Waals surface area (Å²) in [7, 11) is 1.61. The van der Waals surface area contributed by atoms with Gasteiger partial charge >= 0.3 is 0 Å². The number of aromatic nitrogens is 2. The van der Waals surface area contributed by atoms with Crippen LogP contribution < -0.4 is 4.74 Å². The predicted octanol–water partition coefficient (Wildman–Crippen LogP) is 4.55. The van der Waals surface area contributed by atoms with Crippen molar-refractivity contribution in [2.75, 3.05) is 7.11 Å². The van der Waals surface area contributed by atoms with Crippen LogP contribution in [-0.2, 0) is 0 Å². The maximum atomic E-state index is 13.2. The summed E-state index contributed by atoms with van der Waals surface area (Å²) in [6.45, 7) is 2.04. The van der Waals surface area contributed by atoms with E-state index >= 15 is 0 Å². The lowest BCUT2D eigenvalue weighted by Gasteiger charge is -2.06. The molecule has 0 radical (unpaired) electrons. The summed E-state index contributed by atoms with van der Waals surface area (Å²) >= 11 is 0. The van der Waals surface area contributed by atoms with Gasteiger partial charge in [0, 0.05) is 17.3 Å². The zero-order valence-electron chi connectivity index (χ0n) is 14.6. The number of rotatable bonds is 4. The van der Waals surface area contributed by atoms with Gasteiger partial charge in [-0.25, -0.2) is 4.98 Å². The van der Waals surface area contributed by atoms with E-state index in [1.807, 2.05) is 60.0 Å². The van der Waals surface area contributed by atoms with Crippen molar-refractivity contribution >= 4 is 11.4 Å². The fraction of sp³-hybridized carbons (Fsp3) is 0.0909. The number of carbonyl (C=O) groups is 1. The lowest BCUT2D eigenvalue weighted by Crippen LogP contribution is -2.04. The van der Waals surface area contributed by atoms with Crippen LogP contribution in [0, 0.1) is 6.92 Å². The van der Waals surface area contributed by atoms with Crippen LogP contribution in [0.25, 0.3) is 16.9 Å². The van der Waals surface area contributed by atoms with Crippen molar-refractivity contribution in [3.05, 3.63) is 89.7 Å². The molecule has 0 saturated heterocycles. The van der Waals surface area contributed by atoms with Crippen LogP contribution in [0.5, 0.6) is 5.75 Å². The topological polar surface area (TPSA) is 43.6 Å². The summed E-state index contributed by atoms with van der Waals surface area (Å²) in [6, 6.07) is 21.0. The Kier molecular flexibility index (Phi) is 4.01. The maximum Gasteiger partial charge on any atom is 0.213 e. The third-order valence-corrected chi connectivity index (χ3v) is 4.42. The number of ether oxygens (including phenoxy) is 1. The lowest BCUT2D eigenvalue weighted by atomic mass is 10.0. The van der Waals surface area contributed by atoms with E-state index in [9.17, 15) is 4.79 Å². The Bertz CT molecular complexity index is 1080. The summed E-state index contributed by atoms with van der Waals surface area (Å²) in [5, 5.41) is 0. The minimum absolute atomic E-state index is 0.105. The van der Waals surface area contributed by atoms with Crippen LogP contribution in [-0.4, -0.2) is 22.3 Å². The number of nitrogens with zero attached hydrogens (tertiary/aromatic N) is 2. The van der Waals surface area contributed by atoms with E-state index in [1.165, 1.54) is 5.56 Å². The van der Waals surface area contributed by atoms with Crippen LogP contribution in [0.3, 0.4) is 0 Å². The average Bonchev–Trinajstić information content (AvgIpc) is 3.07. The maximum absolute atomic E-state index is 13.2. The highest BCUT2D eigenvalue weighted by molar-refractivity contribution is 6.11. The van der Waals surface area contributed by atoms with Crippen molar-refractivity contribution in [3.8, 4) is 17.0 Å². The Morgan fingerprint density at radius 3 is 2.38 bits per heavy atom. The molecule has 0 unspecified atom stereocenters. The van der Waals surface area contributed by atoms with Crippen LogP contribution in [0.2, 0.25) is 0 Å². The number of aryl methyl sites for hydroxylation is 1. The SMILES string of the molecule is COc1ccc(C(=O)c2nc3ccccn3c2-c2ccc(C)cc2)cc1. The molecule has 4 nitrogen and oxygen atoms in total. The molecule has 0 atom stereocenters. The van der Waals surface area contributed by atoms with Crippen molar-refractivity contribution in [1.82, 2.24) is 9.38 Å².